The van der Waals surface area contributed by atoms with Crippen LogP contribution in [0.15, 0.2) is 62.7 Å². The summed E-state index contributed by atoms with van der Waals surface area (Å²) in [5.41, 5.74) is 1.39. The van der Waals surface area contributed by atoms with Crippen LogP contribution in [0.3, 0.4) is 0 Å². The van der Waals surface area contributed by atoms with Crippen molar-refractivity contribution in [3.63, 3.8) is 0 Å². The summed E-state index contributed by atoms with van der Waals surface area (Å²) in [5, 5.41) is 11.1. The van der Waals surface area contributed by atoms with Crippen LogP contribution in [0.5, 0.6) is 5.88 Å². The van der Waals surface area contributed by atoms with Gasteiger partial charge >= 0.3 is 6.01 Å². The predicted molar refractivity (Wildman–Crippen MR) is 87.5 cm³/mol. The van der Waals surface area contributed by atoms with Crippen molar-refractivity contribution in [3.05, 3.63) is 64.4 Å². The van der Waals surface area contributed by atoms with Crippen LogP contribution in [0.4, 0.5) is 6.01 Å². The third-order valence-electron chi connectivity index (χ3n) is 3.54. The highest BCUT2D eigenvalue weighted by molar-refractivity contribution is 6.01. The van der Waals surface area contributed by atoms with E-state index in [0.29, 0.717) is 27.4 Å². The maximum absolute atomic E-state index is 11.9. The molecule has 6 nitrogen and oxygen atoms in total. The van der Waals surface area contributed by atoms with Crippen molar-refractivity contribution in [2.45, 2.75) is 0 Å². The van der Waals surface area contributed by atoms with Crippen LogP contribution in [0.25, 0.3) is 21.9 Å². The summed E-state index contributed by atoms with van der Waals surface area (Å²) in [6.07, 6.45) is 1.43. The zero-order valence-corrected chi connectivity index (χ0v) is 11.9. The minimum absolute atomic E-state index is 0.181. The first-order chi connectivity index (χ1) is 11.2. The minimum atomic E-state index is -0.350. The van der Waals surface area contributed by atoms with E-state index in [1.54, 1.807) is 30.3 Å². The maximum Gasteiger partial charge on any atom is 0.322 e. The number of aliphatic imine (C=N–C) groups is 1. The second-order valence-corrected chi connectivity index (χ2v) is 4.98. The molecular formula is C17H11N3O3. The van der Waals surface area contributed by atoms with Gasteiger partial charge in [0.05, 0.1) is 5.56 Å². The second kappa shape index (κ2) is 5.10. The number of nitrogens with one attached hydrogen (secondary N) is 1. The molecule has 23 heavy (non-hydrogen) atoms. The molecule has 112 valence electrons. The molecule has 4 aromatic rings. The van der Waals surface area contributed by atoms with Gasteiger partial charge in [0.2, 0.25) is 5.88 Å². The van der Waals surface area contributed by atoms with Crippen LogP contribution < -0.4 is 5.56 Å². The summed E-state index contributed by atoms with van der Waals surface area (Å²) in [5.74, 6) is -0.242. The van der Waals surface area contributed by atoms with Crippen LogP contribution in [0.2, 0.25) is 0 Å². The summed E-state index contributed by atoms with van der Waals surface area (Å²) in [6.45, 7) is 0. The molecule has 0 spiro atoms. The van der Waals surface area contributed by atoms with E-state index >= 15 is 0 Å². The molecule has 0 bridgehead atoms. The highest BCUT2D eigenvalue weighted by atomic mass is 16.4. The van der Waals surface area contributed by atoms with E-state index in [2.05, 4.69) is 15.0 Å². The van der Waals surface area contributed by atoms with Crippen LogP contribution in [0.1, 0.15) is 5.56 Å². The van der Waals surface area contributed by atoms with E-state index in [4.69, 9.17) is 4.42 Å². The Morgan fingerprint density at radius 1 is 1.09 bits per heavy atom. The average Bonchev–Trinajstić information content (AvgIpc) is 2.97. The quantitative estimate of drug-likeness (QED) is 0.557. The molecule has 0 atom stereocenters. The van der Waals surface area contributed by atoms with Gasteiger partial charge in [0.15, 0.2) is 5.58 Å². The largest absolute Gasteiger partial charge is 0.494 e. The number of rotatable bonds is 2. The number of hydrogen-bond donors (Lipinski definition) is 2. The SMILES string of the molecule is O=c1[nH]c(O)c(C=Nc2nc3ccccc3o2)c2ccccc12. The molecule has 0 unspecified atom stereocenters. The van der Waals surface area contributed by atoms with Crippen LogP contribution >= 0.6 is 0 Å². The molecule has 2 aromatic carbocycles. The lowest BCUT2D eigenvalue weighted by atomic mass is 10.1. The molecule has 0 radical (unpaired) electrons. The first-order valence-corrected chi connectivity index (χ1v) is 6.96. The van der Waals surface area contributed by atoms with Gasteiger partial charge in [-0.1, -0.05) is 30.3 Å². The zero-order valence-electron chi connectivity index (χ0n) is 11.9. The number of para-hydroxylation sites is 2. The molecule has 0 saturated heterocycles. The number of aromatic nitrogens is 2. The van der Waals surface area contributed by atoms with E-state index < -0.39 is 0 Å². The molecule has 4 rings (SSSR count). The van der Waals surface area contributed by atoms with Gasteiger partial charge < -0.3 is 9.52 Å². The lowest BCUT2D eigenvalue weighted by Crippen LogP contribution is -2.07. The number of aromatic amines is 1. The number of H-pyrrole nitrogens is 1. The summed E-state index contributed by atoms with van der Waals surface area (Å²) >= 11 is 0. The van der Waals surface area contributed by atoms with Crippen molar-refractivity contribution in [1.29, 1.82) is 0 Å². The summed E-state index contributed by atoms with van der Waals surface area (Å²) < 4.78 is 5.50. The van der Waals surface area contributed by atoms with Gasteiger partial charge in [0, 0.05) is 17.0 Å². The van der Waals surface area contributed by atoms with E-state index in [9.17, 15) is 9.90 Å². The van der Waals surface area contributed by atoms with Crippen molar-refractivity contribution in [2.75, 3.05) is 0 Å². The second-order valence-electron chi connectivity index (χ2n) is 4.98. The Morgan fingerprint density at radius 3 is 2.65 bits per heavy atom. The van der Waals surface area contributed by atoms with Crippen molar-refractivity contribution < 1.29 is 9.52 Å². The van der Waals surface area contributed by atoms with Gasteiger partial charge in [0.25, 0.3) is 5.56 Å². The Kier molecular flexibility index (Phi) is 2.94. The molecule has 2 heterocycles. The Labute approximate surface area is 129 Å². The molecule has 0 aliphatic rings. The van der Waals surface area contributed by atoms with Crippen molar-refractivity contribution in [2.24, 2.45) is 4.99 Å². The minimum Gasteiger partial charge on any atom is -0.494 e. The molecule has 0 aliphatic heterocycles. The molecule has 0 fully saturated rings. The summed E-state index contributed by atoms with van der Waals surface area (Å²) in [7, 11) is 0. The fourth-order valence-corrected chi connectivity index (χ4v) is 2.45. The number of pyridine rings is 1. The molecule has 0 saturated carbocycles. The van der Waals surface area contributed by atoms with Crippen LogP contribution in [0, 0.1) is 0 Å². The van der Waals surface area contributed by atoms with Crippen molar-refractivity contribution in [1.82, 2.24) is 9.97 Å². The van der Waals surface area contributed by atoms with Gasteiger partial charge in [-0.05, 0) is 18.2 Å². The average molecular weight is 305 g/mol. The number of hydrogen-bond acceptors (Lipinski definition) is 5. The lowest BCUT2D eigenvalue weighted by Gasteiger charge is -2.03. The van der Waals surface area contributed by atoms with Crippen molar-refractivity contribution >= 4 is 34.1 Å². The van der Waals surface area contributed by atoms with E-state index in [1.165, 1.54) is 6.21 Å². The fourth-order valence-electron chi connectivity index (χ4n) is 2.45. The highest BCUT2D eigenvalue weighted by Crippen LogP contribution is 2.23. The smallest absolute Gasteiger partial charge is 0.322 e. The Bertz CT molecular complexity index is 1080. The molecular weight excluding hydrogens is 294 g/mol. The van der Waals surface area contributed by atoms with E-state index in [0.717, 1.165) is 0 Å². The molecule has 2 N–H and O–H groups in total. The normalized spacial score (nSPS) is 11.7. The third-order valence-corrected chi connectivity index (χ3v) is 3.54. The Balaban J connectivity index is 1.85. The lowest BCUT2D eigenvalue weighted by molar-refractivity contribution is 0.452. The summed E-state index contributed by atoms with van der Waals surface area (Å²) in [4.78, 5) is 22.7. The van der Waals surface area contributed by atoms with Crippen LogP contribution in [-0.2, 0) is 0 Å². The van der Waals surface area contributed by atoms with E-state index in [1.807, 2.05) is 18.2 Å². The molecule has 2 aromatic heterocycles. The molecule has 0 amide bonds. The number of benzene rings is 2. The Morgan fingerprint density at radius 2 is 1.83 bits per heavy atom. The topological polar surface area (TPSA) is 91.5 Å². The van der Waals surface area contributed by atoms with E-state index in [-0.39, 0.29) is 17.5 Å². The zero-order chi connectivity index (χ0) is 15.8. The third kappa shape index (κ3) is 2.26. The Hall–Kier alpha value is -3.41. The van der Waals surface area contributed by atoms with Crippen molar-refractivity contribution in [3.8, 4) is 5.88 Å². The maximum atomic E-state index is 11.9. The highest BCUT2D eigenvalue weighted by Gasteiger charge is 2.09. The van der Waals surface area contributed by atoms with Crippen LogP contribution in [-0.4, -0.2) is 21.3 Å². The van der Waals surface area contributed by atoms with Gasteiger partial charge in [-0.3, -0.25) is 9.78 Å². The number of aromatic hydroxyl groups is 1. The molecule has 0 aliphatic carbocycles. The standard InChI is InChI=1S/C17H11N3O3/c21-15-11-6-2-1-5-10(11)12(16(22)20-15)9-18-17-19-13-7-3-4-8-14(13)23-17/h1-9H,(H2,20,21,22). The van der Waals surface area contributed by atoms with Gasteiger partial charge in [0.1, 0.15) is 5.52 Å². The fraction of sp³-hybridized carbons (Fsp3) is 0. The first kappa shape index (κ1) is 13.3. The molecule has 6 heteroatoms. The number of nitrogens with zero attached hydrogens (tertiary/aromatic N) is 2. The first-order valence-electron chi connectivity index (χ1n) is 6.96. The number of fused-ring (bicyclic) bond motifs is 2. The van der Waals surface area contributed by atoms with Gasteiger partial charge in [-0.25, -0.2) is 4.99 Å². The number of oxazole rings is 1. The predicted octanol–water partition coefficient (Wildman–Crippen LogP) is 3.13. The monoisotopic (exact) mass is 305 g/mol. The van der Waals surface area contributed by atoms with Gasteiger partial charge in [-0.2, -0.15) is 4.98 Å². The summed E-state index contributed by atoms with van der Waals surface area (Å²) in [6, 6.07) is 14.5. The van der Waals surface area contributed by atoms with Gasteiger partial charge in [-0.15, -0.1) is 0 Å².